The molecule has 2 atom stereocenters. The van der Waals surface area contributed by atoms with Crippen LogP contribution in [0.25, 0.3) is 10.9 Å². The van der Waals surface area contributed by atoms with Crippen LogP contribution in [0.4, 0.5) is 13.2 Å². The van der Waals surface area contributed by atoms with Crippen LogP contribution in [0.5, 0.6) is 0 Å². The van der Waals surface area contributed by atoms with Crippen molar-refractivity contribution in [2.45, 2.75) is 45.1 Å². The van der Waals surface area contributed by atoms with E-state index in [2.05, 4.69) is 20.5 Å². The minimum atomic E-state index is -1.50. The Morgan fingerprint density at radius 3 is 2.39 bits per heavy atom. The molecule has 1 aliphatic heterocycles. The van der Waals surface area contributed by atoms with E-state index >= 15 is 0 Å². The molecule has 2 nitrogen and oxygen atoms in total. The number of para-hydroxylation sites is 1. The van der Waals surface area contributed by atoms with Gasteiger partial charge in [-0.1, -0.05) is 34.1 Å². The molecule has 0 aliphatic carbocycles. The fraction of sp³-hybridized carbons (Fsp3) is 0.364. The normalized spacial score (nSPS) is 20.5. The van der Waals surface area contributed by atoms with E-state index in [0.29, 0.717) is 11.0 Å². The van der Waals surface area contributed by atoms with Crippen LogP contribution in [0, 0.1) is 11.6 Å². The van der Waals surface area contributed by atoms with Gasteiger partial charge in [-0.3, -0.25) is 4.90 Å². The van der Waals surface area contributed by atoms with Crippen LogP contribution in [-0.2, 0) is 6.54 Å². The van der Waals surface area contributed by atoms with Gasteiger partial charge in [0, 0.05) is 40.4 Å². The third-order valence-corrected chi connectivity index (χ3v) is 5.80. The Morgan fingerprint density at radius 2 is 1.75 bits per heavy atom. The Labute approximate surface area is 171 Å². The maximum absolute atomic E-state index is 15.0. The van der Waals surface area contributed by atoms with Crippen LogP contribution in [0.3, 0.4) is 0 Å². The lowest BCUT2D eigenvalue weighted by molar-refractivity contribution is 0.0507. The van der Waals surface area contributed by atoms with E-state index in [1.807, 2.05) is 42.2 Å². The van der Waals surface area contributed by atoms with Crippen molar-refractivity contribution in [1.29, 1.82) is 0 Å². The summed E-state index contributed by atoms with van der Waals surface area (Å²) in [4.78, 5) is 1.88. The summed E-state index contributed by atoms with van der Waals surface area (Å²) in [6, 6.07) is 11.6. The fourth-order valence-corrected chi connectivity index (χ4v) is 4.67. The van der Waals surface area contributed by atoms with E-state index < -0.39 is 23.3 Å². The van der Waals surface area contributed by atoms with Crippen LogP contribution in [-0.4, -0.2) is 27.7 Å². The predicted octanol–water partition coefficient (Wildman–Crippen LogP) is 6.22. The van der Waals surface area contributed by atoms with Gasteiger partial charge in [0.1, 0.15) is 17.3 Å². The van der Waals surface area contributed by atoms with Gasteiger partial charge in [0.25, 0.3) is 0 Å². The van der Waals surface area contributed by atoms with Crippen molar-refractivity contribution in [2.75, 3.05) is 6.54 Å². The first kappa shape index (κ1) is 19.5. The average Bonchev–Trinajstić information content (AvgIpc) is 2.94. The standard InChI is InChI=1S/C22H22BrF3N2/c1-13-11-27-18-7-5-4-6-14(18)8-19(27)21(28(13)12-22(2,3)26)20-16(24)9-15(23)10-17(20)25/h4-10,13,21H,11-12H2,1-3H3/t13-,21+/m1/s1. The third kappa shape index (κ3) is 3.37. The molecule has 0 saturated carbocycles. The largest absolute Gasteiger partial charge is 0.341 e. The minimum Gasteiger partial charge on any atom is -0.341 e. The Hall–Kier alpha value is -1.79. The number of nitrogens with zero attached hydrogens (tertiary/aromatic N) is 2. The van der Waals surface area contributed by atoms with E-state index in [0.717, 1.165) is 16.6 Å². The molecule has 6 heteroatoms. The van der Waals surface area contributed by atoms with Gasteiger partial charge in [-0.05, 0) is 50.4 Å². The lowest BCUT2D eigenvalue weighted by Gasteiger charge is -2.44. The molecule has 0 fully saturated rings. The van der Waals surface area contributed by atoms with Crippen LogP contribution >= 0.6 is 15.9 Å². The summed E-state index contributed by atoms with van der Waals surface area (Å²) in [5.41, 5.74) is 0.265. The molecule has 28 heavy (non-hydrogen) atoms. The number of alkyl halides is 1. The van der Waals surface area contributed by atoms with E-state index in [1.165, 1.54) is 26.0 Å². The molecule has 0 N–H and O–H groups in total. The number of fused-ring (bicyclic) bond motifs is 3. The van der Waals surface area contributed by atoms with Crippen molar-refractivity contribution < 1.29 is 13.2 Å². The molecule has 2 aromatic carbocycles. The zero-order valence-corrected chi connectivity index (χ0v) is 17.6. The predicted molar refractivity (Wildman–Crippen MR) is 109 cm³/mol. The zero-order chi connectivity index (χ0) is 20.2. The highest BCUT2D eigenvalue weighted by atomic mass is 79.9. The summed E-state index contributed by atoms with van der Waals surface area (Å²) < 4.78 is 47.0. The van der Waals surface area contributed by atoms with Crippen LogP contribution in [0.1, 0.15) is 38.1 Å². The summed E-state index contributed by atoms with van der Waals surface area (Å²) in [5, 5.41) is 1.01. The van der Waals surface area contributed by atoms with Crippen LogP contribution in [0.2, 0.25) is 0 Å². The first-order valence-corrected chi connectivity index (χ1v) is 10.1. The van der Waals surface area contributed by atoms with E-state index in [1.54, 1.807) is 0 Å². The number of halogens is 4. The first-order chi connectivity index (χ1) is 13.2. The van der Waals surface area contributed by atoms with Crippen molar-refractivity contribution >= 4 is 26.8 Å². The minimum absolute atomic E-state index is 0.0388. The molecule has 3 aromatic rings. The summed E-state index contributed by atoms with van der Waals surface area (Å²) in [6.45, 7) is 5.68. The second-order valence-corrected chi connectivity index (χ2v) is 9.08. The molecule has 0 spiro atoms. The Bertz CT molecular complexity index is 1010. The number of rotatable bonds is 3. The lowest BCUT2D eigenvalue weighted by atomic mass is 9.94. The quantitative estimate of drug-likeness (QED) is 0.459. The van der Waals surface area contributed by atoms with Crippen LogP contribution < -0.4 is 0 Å². The molecule has 4 rings (SSSR count). The molecule has 1 aromatic heterocycles. The molecule has 148 valence electrons. The van der Waals surface area contributed by atoms with Gasteiger partial charge in [0.2, 0.25) is 0 Å². The lowest BCUT2D eigenvalue weighted by Crippen LogP contribution is -2.49. The Kier molecular flexibility index (Phi) is 4.82. The highest BCUT2D eigenvalue weighted by Crippen LogP contribution is 2.41. The molecule has 1 aliphatic rings. The first-order valence-electron chi connectivity index (χ1n) is 9.33. The second-order valence-electron chi connectivity index (χ2n) is 8.16. The number of aromatic nitrogens is 1. The molecule has 0 radical (unpaired) electrons. The van der Waals surface area contributed by atoms with E-state index in [9.17, 15) is 13.2 Å². The summed E-state index contributed by atoms with van der Waals surface area (Å²) in [7, 11) is 0. The van der Waals surface area contributed by atoms with Crippen molar-refractivity contribution in [3.8, 4) is 0 Å². The van der Waals surface area contributed by atoms with Crippen molar-refractivity contribution in [3.05, 3.63) is 69.8 Å². The van der Waals surface area contributed by atoms with Gasteiger partial charge in [-0.25, -0.2) is 13.2 Å². The third-order valence-electron chi connectivity index (χ3n) is 5.34. The van der Waals surface area contributed by atoms with Gasteiger partial charge < -0.3 is 4.57 Å². The Morgan fingerprint density at radius 1 is 1.11 bits per heavy atom. The number of hydrogen-bond donors (Lipinski definition) is 0. The smallest absolute Gasteiger partial charge is 0.132 e. The monoisotopic (exact) mass is 450 g/mol. The average molecular weight is 451 g/mol. The molecule has 0 saturated heterocycles. The molecule has 0 bridgehead atoms. The molecule has 0 unspecified atom stereocenters. The maximum Gasteiger partial charge on any atom is 0.132 e. The van der Waals surface area contributed by atoms with E-state index in [-0.39, 0.29) is 18.2 Å². The number of benzene rings is 2. The van der Waals surface area contributed by atoms with Gasteiger partial charge in [0.15, 0.2) is 0 Å². The maximum atomic E-state index is 15.0. The summed E-state index contributed by atoms with van der Waals surface area (Å²) >= 11 is 3.15. The Balaban J connectivity index is 1.98. The number of hydrogen-bond acceptors (Lipinski definition) is 1. The van der Waals surface area contributed by atoms with E-state index in [4.69, 9.17) is 0 Å². The SMILES string of the molecule is C[C@@H]1Cn2c(cc3ccccc32)[C@@H](c2c(F)cc(Br)cc2F)N1CC(C)(C)F. The summed E-state index contributed by atoms with van der Waals surface area (Å²) in [5.74, 6) is -1.27. The molecule has 0 amide bonds. The summed E-state index contributed by atoms with van der Waals surface area (Å²) in [6.07, 6.45) is 0. The topological polar surface area (TPSA) is 8.17 Å². The van der Waals surface area contributed by atoms with Crippen LogP contribution in [0.15, 0.2) is 46.9 Å². The highest BCUT2D eigenvalue weighted by Gasteiger charge is 2.40. The van der Waals surface area contributed by atoms with Gasteiger partial charge in [0.05, 0.1) is 6.04 Å². The molecular weight excluding hydrogens is 429 g/mol. The molecule has 2 heterocycles. The van der Waals surface area contributed by atoms with Crippen molar-refractivity contribution in [2.24, 2.45) is 0 Å². The van der Waals surface area contributed by atoms with Crippen molar-refractivity contribution in [3.63, 3.8) is 0 Å². The van der Waals surface area contributed by atoms with Gasteiger partial charge in [-0.15, -0.1) is 0 Å². The second kappa shape index (κ2) is 6.92. The van der Waals surface area contributed by atoms with Gasteiger partial charge in [-0.2, -0.15) is 0 Å². The zero-order valence-electron chi connectivity index (χ0n) is 16.0. The highest BCUT2D eigenvalue weighted by molar-refractivity contribution is 9.10. The molecular formula is C22H22BrF3N2. The van der Waals surface area contributed by atoms with Gasteiger partial charge >= 0.3 is 0 Å². The van der Waals surface area contributed by atoms with Crippen molar-refractivity contribution in [1.82, 2.24) is 9.47 Å². The fourth-order valence-electron chi connectivity index (χ4n) is 4.27.